The number of aryl methyl sites for hydroxylation is 1. The van der Waals surface area contributed by atoms with E-state index in [1.165, 1.54) is 42.0 Å². The van der Waals surface area contributed by atoms with E-state index in [1.807, 2.05) is 12.1 Å². The van der Waals surface area contributed by atoms with Gasteiger partial charge in [0.2, 0.25) is 0 Å². The van der Waals surface area contributed by atoms with Gasteiger partial charge in [0.05, 0.1) is 34.3 Å². The smallest absolute Gasteiger partial charge is 0.328 e. The number of benzene rings is 2. The number of aromatic amines is 1. The predicted octanol–water partition coefficient (Wildman–Crippen LogP) is 3.33. The van der Waals surface area contributed by atoms with Crippen LogP contribution in [0.3, 0.4) is 0 Å². The molecule has 0 amide bonds. The first-order valence-corrected chi connectivity index (χ1v) is 9.02. The van der Waals surface area contributed by atoms with E-state index < -0.39 is 17.1 Å². The third-order valence-corrected chi connectivity index (χ3v) is 4.67. The molecule has 0 bridgehead atoms. The van der Waals surface area contributed by atoms with Gasteiger partial charge in [-0.15, -0.1) is 0 Å². The van der Waals surface area contributed by atoms with Crippen LogP contribution >= 0.6 is 15.9 Å². The Labute approximate surface area is 172 Å². The second-order valence-corrected chi connectivity index (χ2v) is 6.97. The molecule has 0 aliphatic rings. The molecule has 1 heterocycles. The van der Waals surface area contributed by atoms with Gasteiger partial charge in [0, 0.05) is 17.3 Å². The molecule has 0 spiro atoms. The number of nitrogens with one attached hydrogen (secondary N) is 1. The van der Waals surface area contributed by atoms with Crippen molar-refractivity contribution in [2.24, 2.45) is 0 Å². The highest BCUT2D eigenvalue weighted by Gasteiger charge is 2.16. The Morgan fingerprint density at radius 3 is 2.45 bits per heavy atom. The molecule has 9 heteroatoms. The van der Waals surface area contributed by atoms with Crippen LogP contribution in [-0.4, -0.2) is 9.55 Å². The highest BCUT2D eigenvalue weighted by molar-refractivity contribution is 9.10. The molecule has 0 fully saturated rings. The van der Waals surface area contributed by atoms with Crippen molar-refractivity contribution in [2.45, 2.75) is 13.5 Å². The number of rotatable bonds is 4. The number of aromatic nitrogens is 2. The fourth-order valence-corrected chi connectivity index (χ4v) is 3.00. The number of halogens is 2. The van der Waals surface area contributed by atoms with Gasteiger partial charge in [-0.1, -0.05) is 6.07 Å². The minimum absolute atomic E-state index is 0.120. The fourth-order valence-electron chi connectivity index (χ4n) is 2.61. The summed E-state index contributed by atoms with van der Waals surface area (Å²) in [5, 5.41) is 18.2. The summed E-state index contributed by atoms with van der Waals surface area (Å²) in [6.07, 6.45) is 1.35. The minimum Gasteiger partial charge on any atom is -0.453 e. The van der Waals surface area contributed by atoms with Gasteiger partial charge in [-0.25, -0.2) is 9.18 Å². The number of nitriles is 2. The first-order chi connectivity index (χ1) is 13.8. The molecule has 1 N–H and O–H groups in total. The summed E-state index contributed by atoms with van der Waals surface area (Å²) < 4.78 is 22.2. The van der Waals surface area contributed by atoms with Crippen LogP contribution in [0.1, 0.15) is 22.3 Å². The molecule has 1 aromatic heterocycles. The Bertz CT molecular complexity index is 1280. The minimum atomic E-state index is -0.726. The Morgan fingerprint density at radius 1 is 1.17 bits per heavy atom. The van der Waals surface area contributed by atoms with Gasteiger partial charge in [-0.05, 0) is 47.1 Å². The number of H-pyrrole nitrogens is 1. The van der Waals surface area contributed by atoms with Gasteiger partial charge in [-0.2, -0.15) is 10.5 Å². The first kappa shape index (κ1) is 20.1. The van der Waals surface area contributed by atoms with E-state index in [2.05, 4.69) is 20.9 Å². The van der Waals surface area contributed by atoms with E-state index >= 15 is 4.39 Å². The summed E-state index contributed by atoms with van der Waals surface area (Å²) >= 11 is 3.22. The molecule has 144 valence electrons. The number of hydrogen-bond donors (Lipinski definition) is 1. The van der Waals surface area contributed by atoms with Crippen LogP contribution < -0.4 is 16.0 Å². The summed E-state index contributed by atoms with van der Waals surface area (Å²) in [5.74, 6) is -0.763. The van der Waals surface area contributed by atoms with Crippen LogP contribution in [0.4, 0.5) is 4.39 Å². The molecule has 7 nitrogen and oxygen atoms in total. The zero-order valence-corrected chi connectivity index (χ0v) is 16.6. The molecule has 0 unspecified atom stereocenters. The maximum Gasteiger partial charge on any atom is 0.328 e. The van der Waals surface area contributed by atoms with E-state index in [0.717, 1.165) is 0 Å². The lowest BCUT2D eigenvalue weighted by Gasteiger charge is -2.13. The van der Waals surface area contributed by atoms with Crippen LogP contribution in [0, 0.1) is 35.4 Å². The van der Waals surface area contributed by atoms with Crippen LogP contribution in [0.25, 0.3) is 0 Å². The summed E-state index contributed by atoms with van der Waals surface area (Å²) in [6.45, 7) is 1.41. The lowest BCUT2D eigenvalue weighted by atomic mass is 10.1. The van der Waals surface area contributed by atoms with Gasteiger partial charge in [0.25, 0.3) is 5.56 Å². The van der Waals surface area contributed by atoms with Crippen molar-refractivity contribution in [3.05, 3.63) is 89.9 Å². The molecule has 0 saturated carbocycles. The standard InChI is InChI=1S/C20H12BrFN4O3/c1-11-9-26(20(28)25-19(11)27)10-14-2-3-16(21)18(17(14)22)29-15-5-12(7-23)4-13(6-15)8-24/h2-6,9H,10H2,1H3,(H,25,27,28). The molecule has 2 aromatic carbocycles. The highest BCUT2D eigenvalue weighted by atomic mass is 79.9. The average molecular weight is 455 g/mol. The zero-order valence-electron chi connectivity index (χ0n) is 15.0. The Morgan fingerprint density at radius 2 is 1.83 bits per heavy atom. The molecule has 0 atom stereocenters. The largest absolute Gasteiger partial charge is 0.453 e. The van der Waals surface area contributed by atoms with Crippen molar-refractivity contribution in [1.82, 2.24) is 9.55 Å². The van der Waals surface area contributed by atoms with E-state index in [9.17, 15) is 9.59 Å². The third kappa shape index (κ3) is 4.26. The van der Waals surface area contributed by atoms with Crippen LogP contribution in [0.5, 0.6) is 11.5 Å². The molecular formula is C20H12BrFN4O3. The summed E-state index contributed by atoms with van der Waals surface area (Å²) in [7, 11) is 0. The van der Waals surface area contributed by atoms with Gasteiger partial charge in [-0.3, -0.25) is 14.3 Å². The normalized spacial score (nSPS) is 10.2. The first-order valence-electron chi connectivity index (χ1n) is 8.22. The van der Waals surface area contributed by atoms with E-state index in [1.54, 1.807) is 6.07 Å². The van der Waals surface area contributed by atoms with Crippen molar-refractivity contribution in [1.29, 1.82) is 10.5 Å². The molecule has 0 aliphatic carbocycles. The Kier molecular flexibility index (Phi) is 5.62. The predicted molar refractivity (Wildman–Crippen MR) is 105 cm³/mol. The van der Waals surface area contributed by atoms with Crippen molar-refractivity contribution in [3.63, 3.8) is 0 Å². The molecule has 0 aliphatic heterocycles. The summed E-state index contributed by atoms with van der Waals surface area (Å²) in [6, 6.07) is 11.0. The lowest BCUT2D eigenvalue weighted by molar-refractivity contribution is 0.433. The second-order valence-electron chi connectivity index (χ2n) is 6.12. The fraction of sp³-hybridized carbons (Fsp3) is 0.100. The van der Waals surface area contributed by atoms with Crippen LogP contribution in [0.2, 0.25) is 0 Å². The van der Waals surface area contributed by atoms with Gasteiger partial charge < -0.3 is 4.74 Å². The molecule has 3 rings (SSSR count). The van der Waals surface area contributed by atoms with Crippen molar-refractivity contribution in [3.8, 4) is 23.6 Å². The Hall–Kier alpha value is -3.69. The SMILES string of the molecule is Cc1cn(Cc2ccc(Br)c(Oc3cc(C#N)cc(C#N)c3)c2F)c(=O)[nH]c1=O. The second kappa shape index (κ2) is 8.13. The van der Waals surface area contributed by atoms with Crippen LogP contribution in [-0.2, 0) is 6.54 Å². The lowest BCUT2D eigenvalue weighted by Crippen LogP contribution is -2.31. The zero-order chi connectivity index (χ0) is 21.1. The average Bonchev–Trinajstić information content (AvgIpc) is 2.70. The number of hydrogen-bond acceptors (Lipinski definition) is 5. The van der Waals surface area contributed by atoms with Crippen molar-refractivity contribution in [2.75, 3.05) is 0 Å². The monoisotopic (exact) mass is 454 g/mol. The third-order valence-electron chi connectivity index (χ3n) is 4.04. The van der Waals surface area contributed by atoms with E-state index in [-0.39, 0.29) is 34.7 Å². The highest BCUT2D eigenvalue weighted by Crippen LogP contribution is 2.35. The van der Waals surface area contributed by atoms with Crippen molar-refractivity contribution < 1.29 is 9.13 Å². The summed E-state index contributed by atoms with van der Waals surface area (Å²) in [5.41, 5.74) is -0.309. The van der Waals surface area contributed by atoms with Gasteiger partial charge >= 0.3 is 5.69 Å². The maximum absolute atomic E-state index is 15.1. The maximum atomic E-state index is 15.1. The van der Waals surface area contributed by atoms with E-state index in [0.29, 0.717) is 10.0 Å². The molecular weight excluding hydrogens is 443 g/mol. The molecule has 0 saturated heterocycles. The number of nitrogens with zero attached hydrogens (tertiary/aromatic N) is 3. The topological polar surface area (TPSA) is 112 Å². The van der Waals surface area contributed by atoms with Gasteiger partial charge in [0.15, 0.2) is 11.6 Å². The molecule has 29 heavy (non-hydrogen) atoms. The Balaban J connectivity index is 2.02. The van der Waals surface area contributed by atoms with Gasteiger partial charge in [0.1, 0.15) is 5.75 Å². The van der Waals surface area contributed by atoms with Crippen LogP contribution in [0.15, 0.2) is 50.6 Å². The molecule has 3 aromatic rings. The molecule has 0 radical (unpaired) electrons. The van der Waals surface area contributed by atoms with Crippen molar-refractivity contribution >= 4 is 15.9 Å². The van der Waals surface area contributed by atoms with E-state index in [4.69, 9.17) is 15.3 Å². The quantitative estimate of drug-likeness (QED) is 0.649. The summed E-state index contributed by atoms with van der Waals surface area (Å²) in [4.78, 5) is 25.6. The number of ether oxygens (including phenoxy) is 1.